The van der Waals surface area contributed by atoms with Gasteiger partial charge in [0.2, 0.25) is 5.88 Å². The van der Waals surface area contributed by atoms with Crippen molar-refractivity contribution in [3.63, 3.8) is 0 Å². The number of aromatic nitrogens is 1. The molecular formula is C10H12N2O4. The average molecular weight is 224 g/mol. The van der Waals surface area contributed by atoms with Gasteiger partial charge in [-0.15, -0.1) is 0 Å². The first kappa shape index (κ1) is 10.7. The molecule has 1 atom stereocenters. The summed E-state index contributed by atoms with van der Waals surface area (Å²) in [6.45, 7) is 1.09. The van der Waals surface area contributed by atoms with E-state index < -0.39 is 5.97 Å². The van der Waals surface area contributed by atoms with Gasteiger partial charge in [-0.25, -0.2) is 9.78 Å². The maximum atomic E-state index is 10.9. The lowest BCUT2D eigenvalue weighted by Crippen LogP contribution is -2.18. The molecule has 1 aromatic rings. The van der Waals surface area contributed by atoms with Crippen LogP contribution in [0.4, 0.5) is 5.69 Å². The summed E-state index contributed by atoms with van der Waals surface area (Å²) < 4.78 is 10.6. The summed E-state index contributed by atoms with van der Waals surface area (Å²) in [4.78, 5) is 14.8. The number of pyridine rings is 1. The van der Waals surface area contributed by atoms with Gasteiger partial charge >= 0.3 is 5.97 Å². The summed E-state index contributed by atoms with van der Waals surface area (Å²) in [6, 6.07) is 1.33. The van der Waals surface area contributed by atoms with Gasteiger partial charge in [-0.2, -0.15) is 0 Å². The van der Waals surface area contributed by atoms with Gasteiger partial charge in [0.1, 0.15) is 11.7 Å². The lowest BCUT2D eigenvalue weighted by molar-refractivity contribution is 0.0685. The molecule has 0 radical (unpaired) electrons. The number of carbonyl (C=O) groups is 1. The van der Waals surface area contributed by atoms with E-state index in [1.807, 2.05) is 0 Å². The van der Waals surface area contributed by atoms with Gasteiger partial charge < -0.3 is 20.3 Å². The molecule has 0 spiro atoms. The number of rotatable bonds is 3. The summed E-state index contributed by atoms with van der Waals surface area (Å²) >= 11 is 0. The van der Waals surface area contributed by atoms with Gasteiger partial charge in [0.15, 0.2) is 0 Å². The Bertz CT molecular complexity index is 402. The molecule has 1 fully saturated rings. The van der Waals surface area contributed by atoms with Gasteiger partial charge in [0.25, 0.3) is 0 Å². The number of carboxylic acid groups (broad SMARTS) is 1. The Morgan fingerprint density at radius 2 is 2.50 bits per heavy atom. The molecule has 16 heavy (non-hydrogen) atoms. The minimum atomic E-state index is -1.10. The first-order valence-electron chi connectivity index (χ1n) is 4.90. The van der Waals surface area contributed by atoms with E-state index in [1.165, 1.54) is 12.3 Å². The Balaban J connectivity index is 2.21. The smallest absolute Gasteiger partial charge is 0.341 e. The van der Waals surface area contributed by atoms with E-state index >= 15 is 0 Å². The normalized spacial score (nSPS) is 19.6. The molecule has 0 aliphatic carbocycles. The first-order chi connectivity index (χ1) is 7.66. The summed E-state index contributed by atoms with van der Waals surface area (Å²) in [5, 5.41) is 8.96. The molecule has 6 heteroatoms. The third kappa shape index (κ3) is 2.22. The molecule has 0 aromatic carbocycles. The van der Waals surface area contributed by atoms with Crippen molar-refractivity contribution in [2.75, 3.05) is 18.9 Å². The van der Waals surface area contributed by atoms with Crippen molar-refractivity contribution in [1.29, 1.82) is 0 Å². The second-order valence-corrected chi connectivity index (χ2v) is 3.53. The van der Waals surface area contributed by atoms with Gasteiger partial charge in [-0.1, -0.05) is 0 Å². The Morgan fingerprint density at radius 1 is 1.69 bits per heavy atom. The zero-order valence-electron chi connectivity index (χ0n) is 8.55. The Hall–Kier alpha value is -1.82. The van der Waals surface area contributed by atoms with E-state index in [4.69, 9.17) is 20.3 Å². The van der Waals surface area contributed by atoms with Crippen LogP contribution in [0.25, 0.3) is 0 Å². The van der Waals surface area contributed by atoms with Crippen LogP contribution in [-0.4, -0.2) is 35.4 Å². The molecule has 1 saturated heterocycles. The summed E-state index contributed by atoms with van der Waals surface area (Å²) in [5.41, 5.74) is 5.74. The van der Waals surface area contributed by atoms with Crippen LogP contribution < -0.4 is 10.5 Å². The number of hydrogen-bond donors (Lipinski definition) is 2. The Labute approximate surface area is 92.0 Å². The molecule has 1 unspecified atom stereocenters. The number of anilines is 1. The fourth-order valence-corrected chi connectivity index (χ4v) is 1.48. The summed E-state index contributed by atoms with van der Waals surface area (Å²) in [6.07, 6.45) is 1.98. The minimum absolute atomic E-state index is 0.0214. The third-order valence-electron chi connectivity index (χ3n) is 2.27. The number of hydrogen-bond acceptors (Lipinski definition) is 5. The highest BCUT2D eigenvalue weighted by Crippen LogP contribution is 2.21. The molecular weight excluding hydrogens is 212 g/mol. The second kappa shape index (κ2) is 4.36. The largest absolute Gasteiger partial charge is 0.477 e. The maximum absolute atomic E-state index is 10.9. The number of ether oxygens (including phenoxy) is 2. The van der Waals surface area contributed by atoms with Gasteiger partial charge in [0.05, 0.1) is 25.1 Å². The molecule has 6 nitrogen and oxygen atoms in total. The maximum Gasteiger partial charge on any atom is 0.341 e. The highest BCUT2D eigenvalue weighted by molar-refractivity contribution is 5.91. The third-order valence-corrected chi connectivity index (χ3v) is 2.27. The topological polar surface area (TPSA) is 94.7 Å². The van der Waals surface area contributed by atoms with E-state index in [0.717, 1.165) is 6.42 Å². The van der Waals surface area contributed by atoms with Gasteiger partial charge in [0, 0.05) is 6.42 Å². The molecule has 1 aliphatic heterocycles. The van der Waals surface area contributed by atoms with Crippen LogP contribution in [0.5, 0.6) is 5.88 Å². The number of carboxylic acids is 1. The molecule has 0 amide bonds. The fraction of sp³-hybridized carbons (Fsp3) is 0.400. The van der Waals surface area contributed by atoms with Crippen LogP contribution >= 0.6 is 0 Å². The Kier molecular flexibility index (Phi) is 2.91. The fourth-order valence-electron chi connectivity index (χ4n) is 1.48. The van der Waals surface area contributed by atoms with Gasteiger partial charge in [-0.3, -0.25) is 0 Å². The van der Waals surface area contributed by atoms with Gasteiger partial charge in [-0.05, 0) is 6.07 Å². The van der Waals surface area contributed by atoms with Crippen molar-refractivity contribution in [2.45, 2.75) is 12.5 Å². The average Bonchev–Trinajstić information content (AvgIpc) is 2.73. The number of aromatic carboxylic acids is 1. The van der Waals surface area contributed by atoms with Crippen LogP contribution in [0, 0.1) is 0 Å². The van der Waals surface area contributed by atoms with Crippen molar-refractivity contribution >= 4 is 11.7 Å². The van der Waals surface area contributed by atoms with E-state index in [0.29, 0.717) is 18.9 Å². The van der Waals surface area contributed by atoms with Crippen LogP contribution in [0.1, 0.15) is 16.8 Å². The monoisotopic (exact) mass is 224 g/mol. The molecule has 2 heterocycles. The van der Waals surface area contributed by atoms with Crippen molar-refractivity contribution in [1.82, 2.24) is 4.98 Å². The van der Waals surface area contributed by atoms with E-state index in [-0.39, 0.29) is 17.5 Å². The lowest BCUT2D eigenvalue weighted by atomic mass is 10.2. The van der Waals surface area contributed by atoms with Crippen LogP contribution in [-0.2, 0) is 4.74 Å². The zero-order chi connectivity index (χ0) is 11.5. The van der Waals surface area contributed by atoms with Crippen molar-refractivity contribution in [3.05, 3.63) is 17.8 Å². The molecule has 86 valence electrons. The van der Waals surface area contributed by atoms with E-state index in [1.54, 1.807) is 0 Å². The molecule has 1 aromatic heterocycles. The second-order valence-electron chi connectivity index (χ2n) is 3.53. The summed E-state index contributed by atoms with van der Waals surface area (Å²) in [5.74, 6) is -1.01. The van der Waals surface area contributed by atoms with Crippen LogP contribution in [0.3, 0.4) is 0 Å². The summed E-state index contributed by atoms with van der Waals surface area (Å²) in [7, 11) is 0. The number of nitrogens with two attached hydrogens (primary N) is 1. The van der Waals surface area contributed by atoms with Crippen LogP contribution in [0.15, 0.2) is 12.3 Å². The van der Waals surface area contributed by atoms with Crippen LogP contribution in [0.2, 0.25) is 0 Å². The highest BCUT2D eigenvalue weighted by atomic mass is 16.5. The first-order valence-corrected chi connectivity index (χ1v) is 4.90. The molecule has 1 aliphatic rings. The van der Waals surface area contributed by atoms with Crippen molar-refractivity contribution in [3.8, 4) is 5.88 Å². The predicted molar refractivity (Wildman–Crippen MR) is 55.5 cm³/mol. The number of nitrogens with zero attached hydrogens (tertiary/aromatic N) is 1. The predicted octanol–water partition coefficient (Wildman–Crippen LogP) is 0.530. The zero-order valence-corrected chi connectivity index (χ0v) is 8.55. The quantitative estimate of drug-likeness (QED) is 0.777. The standard InChI is InChI=1S/C10H12N2O4/c11-6-3-8(10(13)14)9(12-4-6)16-7-1-2-15-5-7/h3-4,7H,1-2,5,11H2,(H,13,14). The molecule has 2 rings (SSSR count). The van der Waals surface area contributed by atoms with Crippen molar-refractivity contribution < 1.29 is 19.4 Å². The van der Waals surface area contributed by atoms with E-state index in [2.05, 4.69) is 4.98 Å². The highest BCUT2D eigenvalue weighted by Gasteiger charge is 2.21. The molecule has 0 saturated carbocycles. The lowest BCUT2D eigenvalue weighted by Gasteiger charge is -2.12. The number of nitrogen functional groups attached to an aromatic ring is 1. The Morgan fingerprint density at radius 3 is 3.12 bits per heavy atom. The minimum Gasteiger partial charge on any atom is -0.477 e. The van der Waals surface area contributed by atoms with E-state index in [9.17, 15) is 4.79 Å². The SMILES string of the molecule is Nc1cnc(OC2CCOC2)c(C(=O)O)c1. The van der Waals surface area contributed by atoms with Crippen molar-refractivity contribution in [2.24, 2.45) is 0 Å². The molecule has 0 bridgehead atoms. The molecule has 3 N–H and O–H groups in total.